The summed E-state index contributed by atoms with van der Waals surface area (Å²) in [6.45, 7) is 3.02. The molecule has 1 aliphatic heterocycles. The van der Waals surface area contributed by atoms with E-state index in [1.165, 1.54) is 0 Å². The van der Waals surface area contributed by atoms with E-state index in [9.17, 15) is 19.2 Å². The Hall–Kier alpha value is -2.70. The monoisotopic (exact) mass is 372 g/mol. The molecule has 144 valence electrons. The summed E-state index contributed by atoms with van der Waals surface area (Å²) in [7, 11) is 0. The molecule has 0 aromatic heterocycles. The number of amides is 3. The maximum atomic E-state index is 12.3. The number of nitrogens with zero attached hydrogens (tertiary/aromatic N) is 1. The fourth-order valence-corrected chi connectivity index (χ4v) is 3.72. The van der Waals surface area contributed by atoms with E-state index in [4.69, 9.17) is 4.74 Å². The van der Waals surface area contributed by atoms with Crippen LogP contribution in [0.2, 0.25) is 0 Å². The third-order valence-corrected chi connectivity index (χ3v) is 5.37. The van der Waals surface area contributed by atoms with Crippen molar-refractivity contribution in [3.05, 3.63) is 29.3 Å². The Morgan fingerprint density at radius 1 is 1.07 bits per heavy atom. The standard InChI is InChI=1S/C20H24N2O5/c1-12-7-8-14(9-13(12)2)21-17(23)11-27-18(24)10-22-19(25)15-5-3-4-6-16(15)20(22)26/h7-9,15-16H,3-6,10-11H2,1-2H3,(H,21,23)/t15-,16+. The summed E-state index contributed by atoms with van der Waals surface area (Å²) in [4.78, 5) is 49.6. The van der Waals surface area contributed by atoms with Crippen LogP contribution in [0, 0.1) is 25.7 Å². The molecule has 0 spiro atoms. The van der Waals surface area contributed by atoms with E-state index in [0.717, 1.165) is 28.9 Å². The lowest BCUT2D eigenvalue weighted by Crippen LogP contribution is -2.37. The van der Waals surface area contributed by atoms with E-state index in [1.54, 1.807) is 6.07 Å². The van der Waals surface area contributed by atoms with Crippen LogP contribution in [0.1, 0.15) is 36.8 Å². The first-order valence-corrected chi connectivity index (χ1v) is 9.25. The number of carbonyl (C=O) groups excluding carboxylic acids is 4. The zero-order chi connectivity index (χ0) is 19.6. The quantitative estimate of drug-likeness (QED) is 0.630. The Morgan fingerprint density at radius 2 is 1.70 bits per heavy atom. The normalized spacial score (nSPS) is 21.8. The summed E-state index contributed by atoms with van der Waals surface area (Å²) < 4.78 is 4.94. The molecule has 27 heavy (non-hydrogen) atoms. The number of imide groups is 1. The Kier molecular flexibility index (Phi) is 5.58. The van der Waals surface area contributed by atoms with Gasteiger partial charge in [0.2, 0.25) is 11.8 Å². The van der Waals surface area contributed by atoms with Gasteiger partial charge in [-0.05, 0) is 49.9 Å². The van der Waals surface area contributed by atoms with Gasteiger partial charge < -0.3 is 10.1 Å². The van der Waals surface area contributed by atoms with Crippen LogP contribution < -0.4 is 5.32 Å². The van der Waals surface area contributed by atoms with Crippen molar-refractivity contribution in [3.63, 3.8) is 0 Å². The van der Waals surface area contributed by atoms with Crippen LogP contribution in [0.3, 0.4) is 0 Å². The van der Waals surface area contributed by atoms with Gasteiger partial charge in [-0.2, -0.15) is 0 Å². The molecule has 2 aliphatic rings. The number of aryl methyl sites for hydroxylation is 2. The van der Waals surface area contributed by atoms with E-state index in [2.05, 4.69) is 5.32 Å². The Labute approximate surface area is 158 Å². The van der Waals surface area contributed by atoms with Crippen LogP contribution in [0.4, 0.5) is 5.69 Å². The molecule has 2 atom stereocenters. The number of nitrogens with one attached hydrogen (secondary N) is 1. The minimum atomic E-state index is -0.759. The van der Waals surface area contributed by atoms with E-state index >= 15 is 0 Å². The van der Waals surface area contributed by atoms with Crippen LogP contribution in [-0.4, -0.2) is 41.7 Å². The van der Waals surface area contributed by atoms with Gasteiger partial charge in [-0.15, -0.1) is 0 Å². The van der Waals surface area contributed by atoms with Crippen LogP contribution in [0.15, 0.2) is 18.2 Å². The molecule has 1 saturated carbocycles. The van der Waals surface area contributed by atoms with Crippen molar-refractivity contribution in [1.82, 2.24) is 4.90 Å². The van der Waals surface area contributed by atoms with Gasteiger partial charge in [-0.3, -0.25) is 24.1 Å². The average Bonchev–Trinajstić information content (AvgIpc) is 2.88. The van der Waals surface area contributed by atoms with E-state index in [0.29, 0.717) is 18.5 Å². The minimum Gasteiger partial charge on any atom is -0.454 e. The summed E-state index contributed by atoms with van der Waals surface area (Å²) in [6.07, 6.45) is 3.24. The van der Waals surface area contributed by atoms with Gasteiger partial charge in [0.1, 0.15) is 6.54 Å². The summed E-state index contributed by atoms with van der Waals surface area (Å²) >= 11 is 0. The molecule has 1 aromatic carbocycles. The third kappa shape index (κ3) is 4.18. The molecule has 2 fully saturated rings. The lowest BCUT2D eigenvalue weighted by atomic mass is 9.81. The second kappa shape index (κ2) is 7.90. The van der Waals surface area contributed by atoms with Crippen molar-refractivity contribution < 1.29 is 23.9 Å². The van der Waals surface area contributed by atoms with Crippen LogP contribution in [-0.2, 0) is 23.9 Å². The zero-order valence-electron chi connectivity index (χ0n) is 15.6. The van der Waals surface area contributed by atoms with Gasteiger partial charge >= 0.3 is 5.97 Å². The second-order valence-electron chi connectivity index (χ2n) is 7.27. The fraction of sp³-hybridized carbons (Fsp3) is 0.500. The van der Waals surface area contributed by atoms with Crippen molar-refractivity contribution in [1.29, 1.82) is 0 Å². The SMILES string of the molecule is Cc1ccc(NC(=O)COC(=O)CN2C(=O)[C@H]3CCCC[C@H]3C2=O)cc1C. The number of benzene rings is 1. The number of anilines is 1. The lowest BCUT2D eigenvalue weighted by Gasteiger charge is -2.19. The zero-order valence-corrected chi connectivity index (χ0v) is 15.6. The number of hydrogen-bond donors (Lipinski definition) is 1. The van der Waals surface area contributed by atoms with E-state index in [-0.39, 0.29) is 23.7 Å². The number of rotatable bonds is 5. The molecular weight excluding hydrogens is 348 g/mol. The van der Waals surface area contributed by atoms with Crippen molar-refractivity contribution in [3.8, 4) is 0 Å². The van der Waals surface area contributed by atoms with Gasteiger partial charge in [0.25, 0.3) is 5.91 Å². The maximum Gasteiger partial charge on any atom is 0.326 e. The number of hydrogen-bond acceptors (Lipinski definition) is 5. The van der Waals surface area contributed by atoms with Crippen LogP contribution >= 0.6 is 0 Å². The highest BCUT2D eigenvalue weighted by Crippen LogP contribution is 2.37. The van der Waals surface area contributed by atoms with Gasteiger partial charge in [0.05, 0.1) is 11.8 Å². The predicted molar refractivity (Wildman–Crippen MR) is 97.7 cm³/mol. The van der Waals surface area contributed by atoms with Crippen molar-refractivity contribution >= 4 is 29.4 Å². The number of carbonyl (C=O) groups is 4. The first-order chi connectivity index (χ1) is 12.9. The molecule has 0 unspecified atom stereocenters. The van der Waals surface area contributed by atoms with Crippen molar-refractivity contribution in [2.75, 3.05) is 18.5 Å². The topological polar surface area (TPSA) is 92.8 Å². The largest absolute Gasteiger partial charge is 0.454 e. The van der Waals surface area contributed by atoms with Crippen LogP contribution in [0.25, 0.3) is 0 Å². The summed E-state index contributed by atoms with van der Waals surface area (Å²) in [6, 6.07) is 5.49. The van der Waals surface area contributed by atoms with Gasteiger partial charge in [0.15, 0.2) is 6.61 Å². The molecule has 1 heterocycles. The molecule has 3 rings (SSSR count). The first kappa shape index (κ1) is 19.1. The molecule has 7 heteroatoms. The van der Waals surface area contributed by atoms with Gasteiger partial charge in [-0.25, -0.2) is 0 Å². The van der Waals surface area contributed by atoms with Crippen molar-refractivity contribution in [2.24, 2.45) is 11.8 Å². The first-order valence-electron chi connectivity index (χ1n) is 9.25. The number of ether oxygens (including phenoxy) is 1. The summed E-state index contributed by atoms with van der Waals surface area (Å²) in [5.41, 5.74) is 2.77. The molecule has 0 bridgehead atoms. The van der Waals surface area contributed by atoms with Crippen molar-refractivity contribution in [2.45, 2.75) is 39.5 Å². The maximum absolute atomic E-state index is 12.3. The average molecular weight is 372 g/mol. The molecule has 3 amide bonds. The molecule has 1 N–H and O–H groups in total. The smallest absolute Gasteiger partial charge is 0.326 e. The molecule has 1 saturated heterocycles. The number of fused-ring (bicyclic) bond motifs is 1. The molecule has 0 radical (unpaired) electrons. The predicted octanol–water partition coefficient (Wildman–Crippen LogP) is 1.96. The molecule has 7 nitrogen and oxygen atoms in total. The second-order valence-corrected chi connectivity index (χ2v) is 7.27. The Morgan fingerprint density at radius 3 is 2.30 bits per heavy atom. The molecule has 1 aliphatic carbocycles. The molecular formula is C20H24N2O5. The fourth-order valence-electron chi connectivity index (χ4n) is 3.72. The lowest BCUT2D eigenvalue weighted by molar-refractivity contribution is -0.154. The molecule has 1 aromatic rings. The van der Waals surface area contributed by atoms with Gasteiger partial charge in [-0.1, -0.05) is 18.9 Å². The highest BCUT2D eigenvalue weighted by Gasteiger charge is 2.48. The van der Waals surface area contributed by atoms with E-state index < -0.39 is 25.0 Å². The van der Waals surface area contributed by atoms with Crippen LogP contribution in [0.5, 0.6) is 0 Å². The highest BCUT2D eigenvalue weighted by molar-refractivity contribution is 6.07. The number of likely N-dealkylation sites (tertiary alicyclic amines) is 1. The summed E-state index contributed by atoms with van der Waals surface area (Å²) in [5.74, 6) is -2.41. The highest BCUT2D eigenvalue weighted by atomic mass is 16.5. The van der Waals surface area contributed by atoms with E-state index in [1.807, 2.05) is 26.0 Å². The Balaban J connectivity index is 1.49. The summed E-state index contributed by atoms with van der Waals surface area (Å²) in [5, 5.41) is 2.65. The van der Waals surface area contributed by atoms with Gasteiger partial charge in [0, 0.05) is 5.69 Å². The Bertz CT molecular complexity index is 765. The number of esters is 1. The third-order valence-electron chi connectivity index (χ3n) is 5.37. The minimum absolute atomic E-state index is 0.291.